The van der Waals surface area contributed by atoms with Crippen LogP contribution >= 0.6 is 11.6 Å². The smallest absolute Gasteiger partial charge is 0.252 e. The van der Waals surface area contributed by atoms with E-state index >= 15 is 0 Å². The van der Waals surface area contributed by atoms with E-state index in [1.165, 1.54) is 37.6 Å². The van der Waals surface area contributed by atoms with Crippen LogP contribution in [-0.4, -0.2) is 30.4 Å². The van der Waals surface area contributed by atoms with Gasteiger partial charge in [0, 0.05) is 31.0 Å². The molecule has 5 nitrogen and oxygen atoms in total. The number of nitrogens with one attached hydrogen (secondary N) is 2. The van der Waals surface area contributed by atoms with E-state index in [0.717, 1.165) is 5.56 Å². The van der Waals surface area contributed by atoms with Crippen LogP contribution in [0, 0.1) is 5.82 Å². The van der Waals surface area contributed by atoms with Crippen molar-refractivity contribution in [1.82, 2.24) is 15.6 Å². The van der Waals surface area contributed by atoms with E-state index < -0.39 is 5.82 Å². The van der Waals surface area contributed by atoms with Gasteiger partial charge in [0.25, 0.3) is 11.8 Å². The predicted molar refractivity (Wildman–Crippen MR) is 85.1 cm³/mol. The third-order valence-corrected chi connectivity index (χ3v) is 3.54. The van der Waals surface area contributed by atoms with Gasteiger partial charge < -0.3 is 10.6 Å². The number of halogens is 2. The van der Waals surface area contributed by atoms with Crippen LogP contribution in [0.4, 0.5) is 4.39 Å². The van der Waals surface area contributed by atoms with Crippen molar-refractivity contribution in [2.45, 2.75) is 6.42 Å². The van der Waals surface area contributed by atoms with Crippen LogP contribution in [0.25, 0.3) is 0 Å². The van der Waals surface area contributed by atoms with Gasteiger partial charge in [0.1, 0.15) is 5.82 Å². The lowest BCUT2D eigenvalue weighted by atomic mass is 10.1. The summed E-state index contributed by atoms with van der Waals surface area (Å²) in [5.74, 6) is -1.06. The highest BCUT2D eigenvalue weighted by Crippen LogP contribution is 2.17. The fourth-order valence-corrected chi connectivity index (χ4v) is 2.23. The van der Waals surface area contributed by atoms with E-state index in [0.29, 0.717) is 23.6 Å². The minimum Gasteiger partial charge on any atom is -0.355 e. The molecule has 0 radical (unpaired) electrons. The van der Waals surface area contributed by atoms with E-state index in [2.05, 4.69) is 15.6 Å². The molecule has 0 atom stereocenters. The summed E-state index contributed by atoms with van der Waals surface area (Å²) in [6.45, 7) is 0.328. The van der Waals surface area contributed by atoms with Crippen LogP contribution in [-0.2, 0) is 6.42 Å². The summed E-state index contributed by atoms with van der Waals surface area (Å²) in [6, 6.07) is 5.60. The Morgan fingerprint density at radius 3 is 2.52 bits per heavy atom. The minimum absolute atomic E-state index is 0.288. The molecule has 0 unspecified atom stereocenters. The molecule has 0 aliphatic carbocycles. The van der Waals surface area contributed by atoms with Gasteiger partial charge in [0.2, 0.25) is 0 Å². The zero-order valence-corrected chi connectivity index (χ0v) is 13.2. The molecule has 23 heavy (non-hydrogen) atoms. The Morgan fingerprint density at radius 1 is 1.17 bits per heavy atom. The molecule has 0 aliphatic heterocycles. The van der Waals surface area contributed by atoms with Crippen molar-refractivity contribution in [3.05, 3.63) is 64.2 Å². The molecule has 0 saturated heterocycles. The second-order valence-electron chi connectivity index (χ2n) is 4.78. The fourth-order valence-electron chi connectivity index (χ4n) is 1.97. The number of hydrogen-bond donors (Lipinski definition) is 2. The summed E-state index contributed by atoms with van der Waals surface area (Å²) in [4.78, 5) is 27.5. The van der Waals surface area contributed by atoms with Crippen molar-refractivity contribution in [1.29, 1.82) is 0 Å². The van der Waals surface area contributed by atoms with Gasteiger partial charge in [-0.25, -0.2) is 4.39 Å². The summed E-state index contributed by atoms with van der Waals surface area (Å²) in [6.07, 6.45) is 3.23. The maximum Gasteiger partial charge on any atom is 0.252 e. The summed E-state index contributed by atoms with van der Waals surface area (Å²) in [7, 11) is 1.50. The summed E-state index contributed by atoms with van der Waals surface area (Å²) < 4.78 is 13.0. The molecular formula is C16H15ClFN3O2. The van der Waals surface area contributed by atoms with Crippen LogP contribution < -0.4 is 10.6 Å². The minimum atomic E-state index is -0.403. The molecular weight excluding hydrogens is 321 g/mol. The number of amides is 2. The average Bonchev–Trinajstić information content (AvgIpc) is 2.56. The highest BCUT2D eigenvalue weighted by Gasteiger charge is 2.10. The first kappa shape index (κ1) is 16.9. The normalized spacial score (nSPS) is 10.2. The lowest BCUT2D eigenvalue weighted by molar-refractivity contribution is 0.0953. The number of benzene rings is 1. The van der Waals surface area contributed by atoms with E-state index in [1.807, 2.05) is 0 Å². The molecule has 1 heterocycles. The Kier molecular flexibility index (Phi) is 5.65. The van der Waals surface area contributed by atoms with Gasteiger partial charge in [-0.1, -0.05) is 17.7 Å². The molecule has 0 bridgehead atoms. The van der Waals surface area contributed by atoms with Gasteiger partial charge in [-0.3, -0.25) is 14.6 Å². The first-order chi connectivity index (χ1) is 11.0. The molecule has 120 valence electrons. The van der Waals surface area contributed by atoms with Crippen molar-refractivity contribution < 1.29 is 14.0 Å². The number of carbonyl (C=O) groups excluding carboxylic acids is 2. The highest BCUT2D eigenvalue weighted by molar-refractivity contribution is 6.31. The Balaban J connectivity index is 1.96. The largest absolute Gasteiger partial charge is 0.355 e. The van der Waals surface area contributed by atoms with Gasteiger partial charge >= 0.3 is 0 Å². The van der Waals surface area contributed by atoms with E-state index in [-0.39, 0.29) is 17.4 Å². The van der Waals surface area contributed by atoms with Crippen molar-refractivity contribution in [3.8, 4) is 0 Å². The van der Waals surface area contributed by atoms with Crippen molar-refractivity contribution >= 4 is 23.4 Å². The molecule has 2 aromatic rings. The molecule has 1 aromatic heterocycles. The van der Waals surface area contributed by atoms with Gasteiger partial charge in [-0.05, 0) is 30.2 Å². The van der Waals surface area contributed by atoms with Gasteiger partial charge in [-0.2, -0.15) is 0 Å². The molecule has 2 N–H and O–H groups in total. The third kappa shape index (κ3) is 4.50. The number of aromatic nitrogens is 1. The monoisotopic (exact) mass is 335 g/mol. The average molecular weight is 336 g/mol. The lowest BCUT2D eigenvalue weighted by Crippen LogP contribution is -2.26. The van der Waals surface area contributed by atoms with Gasteiger partial charge in [0.05, 0.1) is 11.1 Å². The van der Waals surface area contributed by atoms with Gasteiger partial charge in [-0.15, -0.1) is 0 Å². The Morgan fingerprint density at radius 2 is 1.87 bits per heavy atom. The molecule has 1 aromatic carbocycles. The van der Waals surface area contributed by atoms with Crippen LogP contribution in [0.5, 0.6) is 0 Å². The first-order valence-corrected chi connectivity index (χ1v) is 7.28. The predicted octanol–water partition coefficient (Wildman–Crippen LogP) is 2.21. The molecule has 0 spiro atoms. The summed E-state index contributed by atoms with van der Waals surface area (Å²) in [5, 5.41) is 5.50. The maximum atomic E-state index is 13.0. The topological polar surface area (TPSA) is 71.1 Å². The molecule has 0 fully saturated rings. The summed E-state index contributed by atoms with van der Waals surface area (Å²) in [5.41, 5.74) is 1.34. The molecule has 2 amide bonds. The number of carbonyl (C=O) groups is 2. The second kappa shape index (κ2) is 7.69. The fraction of sp³-hybridized carbons (Fsp3) is 0.188. The van der Waals surface area contributed by atoms with E-state index in [1.54, 1.807) is 6.07 Å². The molecule has 7 heteroatoms. The SMILES string of the molecule is CNC(=O)c1cncc(C(=O)NCCc2ccc(F)cc2Cl)c1. The molecule has 2 rings (SSSR count). The van der Waals surface area contributed by atoms with Crippen molar-refractivity contribution in [2.75, 3.05) is 13.6 Å². The standard InChI is InChI=1S/C16H15ClFN3O2/c1-19-15(22)11-6-12(9-20-8-11)16(23)21-5-4-10-2-3-13(18)7-14(10)17/h2-3,6-9H,4-5H2,1H3,(H,19,22)(H,21,23). The zero-order valence-electron chi connectivity index (χ0n) is 12.4. The number of rotatable bonds is 5. The third-order valence-electron chi connectivity index (χ3n) is 3.18. The van der Waals surface area contributed by atoms with E-state index in [9.17, 15) is 14.0 Å². The Labute approximate surface area is 137 Å². The van der Waals surface area contributed by atoms with Crippen LogP contribution in [0.3, 0.4) is 0 Å². The van der Waals surface area contributed by atoms with Crippen molar-refractivity contribution in [3.63, 3.8) is 0 Å². The van der Waals surface area contributed by atoms with Crippen LogP contribution in [0.1, 0.15) is 26.3 Å². The quantitative estimate of drug-likeness (QED) is 0.880. The highest BCUT2D eigenvalue weighted by atomic mass is 35.5. The number of hydrogen-bond acceptors (Lipinski definition) is 3. The Hall–Kier alpha value is -2.47. The molecule has 0 saturated carbocycles. The maximum absolute atomic E-state index is 13.0. The van der Waals surface area contributed by atoms with Gasteiger partial charge in [0.15, 0.2) is 0 Å². The lowest BCUT2D eigenvalue weighted by Gasteiger charge is -2.07. The van der Waals surface area contributed by atoms with Crippen LogP contribution in [0.15, 0.2) is 36.7 Å². The zero-order chi connectivity index (χ0) is 16.8. The van der Waals surface area contributed by atoms with Crippen molar-refractivity contribution in [2.24, 2.45) is 0 Å². The second-order valence-corrected chi connectivity index (χ2v) is 5.19. The number of pyridine rings is 1. The molecule has 0 aliphatic rings. The Bertz CT molecular complexity index is 737. The van der Waals surface area contributed by atoms with Crippen LogP contribution in [0.2, 0.25) is 5.02 Å². The van der Waals surface area contributed by atoms with E-state index in [4.69, 9.17) is 11.6 Å². The number of nitrogens with zero attached hydrogens (tertiary/aromatic N) is 1. The summed E-state index contributed by atoms with van der Waals surface area (Å²) >= 11 is 5.93. The first-order valence-electron chi connectivity index (χ1n) is 6.90.